The van der Waals surface area contributed by atoms with Gasteiger partial charge in [-0.05, 0) is 37.9 Å². The standard InChI is InChI=1S/C20H22ClN5S/c1-13-10-18(25-19(24-13)17-8-4-5-9-22-17)26-20-23-12-15(27-20)11-14-6-2-3-7-16(14)21/h2-3,6-7,10,12,17,22H,4-5,8-9,11H2,1H3,(H,23,24,25,26). The van der Waals surface area contributed by atoms with E-state index >= 15 is 0 Å². The summed E-state index contributed by atoms with van der Waals surface area (Å²) >= 11 is 7.89. The molecule has 0 bridgehead atoms. The predicted octanol–water partition coefficient (Wildman–Crippen LogP) is 5.04. The number of thiazole rings is 1. The van der Waals surface area contributed by atoms with Crippen molar-refractivity contribution in [1.82, 2.24) is 20.3 Å². The first-order chi connectivity index (χ1) is 13.2. The first-order valence-corrected chi connectivity index (χ1v) is 10.4. The number of nitrogens with zero attached hydrogens (tertiary/aromatic N) is 3. The van der Waals surface area contributed by atoms with Crippen molar-refractivity contribution < 1.29 is 0 Å². The van der Waals surface area contributed by atoms with E-state index in [0.29, 0.717) is 0 Å². The number of aromatic nitrogens is 3. The van der Waals surface area contributed by atoms with Gasteiger partial charge in [0.25, 0.3) is 0 Å². The van der Waals surface area contributed by atoms with Gasteiger partial charge in [0.1, 0.15) is 11.6 Å². The van der Waals surface area contributed by atoms with Crippen molar-refractivity contribution in [3.05, 3.63) is 63.5 Å². The number of benzene rings is 1. The molecule has 2 aromatic heterocycles. The number of anilines is 2. The highest BCUT2D eigenvalue weighted by molar-refractivity contribution is 7.15. The van der Waals surface area contributed by atoms with Crippen LogP contribution in [-0.2, 0) is 6.42 Å². The smallest absolute Gasteiger partial charge is 0.188 e. The van der Waals surface area contributed by atoms with Gasteiger partial charge in [0.2, 0.25) is 0 Å². The lowest BCUT2D eigenvalue weighted by molar-refractivity contribution is 0.397. The molecule has 1 unspecified atom stereocenters. The minimum absolute atomic E-state index is 0.242. The molecule has 1 aromatic carbocycles. The average Bonchev–Trinajstić information content (AvgIpc) is 3.11. The molecule has 0 spiro atoms. The molecule has 7 heteroatoms. The van der Waals surface area contributed by atoms with Crippen LogP contribution in [0.15, 0.2) is 36.5 Å². The highest BCUT2D eigenvalue weighted by atomic mass is 35.5. The Hall–Kier alpha value is -2.02. The van der Waals surface area contributed by atoms with Crippen molar-refractivity contribution in [3.63, 3.8) is 0 Å². The van der Waals surface area contributed by atoms with E-state index in [1.807, 2.05) is 43.5 Å². The Balaban J connectivity index is 1.48. The van der Waals surface area contributed by atoms with Crippen molar-refractivity contribution in [2.24, 2.45) is 0 Å². The lowest BCUT2D eigenvalue weighted by Crippen LogP contribution is -2.28. The van der Waals surface area contributed by atoms with Gasteiger partial charge in [0.05, 0.1) is 6.04 Å². The number of halogens is 1. The van der Waals surface area contributed by atoms with Gasteiger partial charge < -0.3 is 10.6 Å². The second kappa shape index (κ2) is 8.33. The zero-order valence-electron chi connectivity index (χ0n) is 15.2. The molecule has 1 aliphatic rings. The summed E-state index contributed by atoms with van der Waals surface area (Å²) in [5, 5.41) is 8.47. The summed E-state index contributed by atoms with van der Waals surface area (Å²) in [5.41, 5.74) is 2.07. The Morgan fingerprint density at radius 3 is 2.96 bits per heavy atom. The fourth-order valence-corrected chi connectivity index (χ4v) is 4.31. The number of nitrogens with one attached hydrogen (secondary N) is 2. The molecule has 1 aliphatic heterocycles. The van der Waals surface area contributed by atoms with E-state index < -0.39 is 0 Å². The largest absolute Gasteiger partial charge is 0.316 e. The Labute approximate surface area is 168 Å². The van der Waals surface area contributed by atoms with Crippen molar-refractivity contribution in [2.45, 2.75) is 38.6 Å². The van der Waals surface area contributed by atoms with E-state index in [0.717, 1.165) is 57.3 Å². The Bertz CT molecular complexity index is 920. The van der Waals surface area contributed by atoms with E-state index in [2.05, 4.69) is 20.6 Å². The summed E-state index contributed by atoms with van der Waals surface area (Å²) in [6, 6.07) is 10.1. The minimum atomic E-state index is 0.242. The fourth-order valence-electron chi connectivity index (χ4n) is 3.27. The van der Waals surface area contributed by atoms with Gasteiger partial charge in [-0.25, -0.2) is 15.0 Å². The second-order valence-electron chi connectivity index (χ2n) is 6.78. The lowest BCUT2D eigenvalue weighted by Gasteiger charge is -2.22. The van der Waals surface area contributed by atoms with Gasteiger partial charge in [-0.2, -0.15) is 0 Å². The van der Waals surface area contributed by atoms with Crippen LogP contribution in [0.5, 0.6) is 0 Å². The molecular formula is C20H22ClN5S. The summed E-state index contributed by atoms with van der Waals surface area (Å²) in [6.07, 6.45) is 6.20. The van der Waals surface area contributed by atoms with Crippen LogP contribution in [0.25, 0.3) is 0 Å². The molecule has 1 fully saturated rings. The van der Waals surface area contributed by atoms with Gasteiger partial charge in [0, 0.05) is 34.3 Å². The first kappa shape index (κ1) is 18.3. The summed E-state index contributed by atoms with van der Waals surface area (Å²) in [5.74, 6) is 1.66. The van der Waals surface area contributed by atoms with E-state index in [-0.39, 0.29) is 6.04 Å². The molecule has 1 saturated heterocycles. The summed E-state index contributed by atoms with van der Waals surface area (Å²) in [6.45, 7) is 3.03. The Morgan fingerprint density at radius 2 is 2.15 bits per heavy atom. The van der Waals surface area contributed by atoms with Crippen molar-refractivity contribution in [1.29, 1.82) is 0 Å². The number of piperidine rings is 1. The number of hydrogen-bond acceptors (Lipinski definition) is 6. The van der Waals surface area contributed by atoms with Crippen LogP contribution in [0.2, 0.25) is 5.02 Å². The van der Waals surface area contributed by atoms with Gasteiger partial charge in [-0.1, -0.05) is 36.2 Å². The van der Waals surface area contributed by atoms with Crippen LogP contribution in [0.4, 0.5) is 10.9 Å². The SMILES string of the molecule is Cc1cc(Nc2ncc(Cc3ccccc3Cl)s2)nc(C2CCCCN2)n1. The summed E-state index contributed by atoms with van der Waals surface area (Å²) < 4.78 is 0. The molecule has 4 rings (SSSR count). The average molecular weight is 400 g/mol. The lowest BCUT2D eigenvalue weighted by atomic mass is 10.0. The number of hydrogen-bond donors (Lipinski definition) is 2. The fraction of sp³-hybridized carbons (Fsp3) is 0.350. The zero-order valence-corrected chi connectivity index (χ0v) is 16.8. The zero-order chi connectivity index (χ0) is 18.6. The maximum absolute atomic E-state index is 6.27. The third-order valence-electron chi connectivity index (χ3n) is 4.60. The van der Waals surface area contributed by atoms with E-state index in [1.165, 1.54) is 12.8 Å². The van der Waals surface area contributed by atoms with Gasteiger partial charge >= 0.3 is 0 Å². The molecule has 0 amide bonds. The number of rotatable bonds is 5. The summed E-state index contributed by atoms with van der Waals surface area (Å²) in [4.78, 5) is 15.0. The second-order valence-corrected chi connectivity index (χ2v) is 8.30. The summed E-state index contributed by atoms with van der Waals surface area (Å²) in [7, 11) is 0. The molecule has 140 valence electrons. The van der Waals surface area contributed by atoms with Gasteiger partial charge in [-0.15, -0.1) is 11.3 Å². The maximum Gasteiger partial charge on any atom is 0.188 e. The molecule has 0 saturated carbocycles. The van der Waals surface area contributed by atoms with Crippen LogP contribution < -0.4 is 10.6 Å². The van der Waals surface area contributed by atoms with E-state index in [4.69, 9.17) is 16.6 Å². The molecule has 2 N–H and O–H groups in total. The molecule has 5 nitrogen and oxygen atoms in total. The quantitative estimate of drug-likeness (QED) is 0.629. The van der Waals surface area contributed by atoms with Crippen molar-refractivity contribution >= 4 is 33.9 Å². The molecule has 1 atom stereocenters. The third-order valence-corrected chi connectivity index (χ3v) is 5.89. The van der Waals surface area contributed by atoms with Crippen LogP contribution in [0.1, 0.15) is 47.3 Å². The van der Waals surface area contributed by atoms with E-state index in [1.54, 1.807) is 11.3 Å². The highest BCUT2D eigenvalue weighted by Gasteiger charge is 2.18. The molecule has 3 aromatic rings. The molecule has 27 heavy (non-hydrogen) atoms. The molecule has 0 aliphatic carbocycles. The van der Waals surface area contributed by atoms with E-state index in [9.17, 15) is 0 Å². The van der Waals surface area contributed by atoms with Crippen LogP contribution >= 0.6 is 22.9 Å². The normalized spacial score (nSPS) is 17.0. The van der Waals surface area contributed by atoms with Gasteiger partial charge in [-0.3, -0.25) is 0 Å². The Kier molecular flexibility index (Phi) is 5.66. The monoisotopic (exact) mass is 399 g/mol. The van der Waals surface area contributed by atoms with Crippen LogP contribution in [0.3, 0.4) is 0 Å². The third kappa shape index (κ3) is 4.64. The minimum Gasteiger partial charge on any atom is -0.316 e. The molecule has 3 heterocycles. The van der Waals surface area contributed by atoms with Crippen molar-refractivity contribution in [3.8, 4) is 0 Å². The van der Waals surface area contributed by atoms with Gasteiger partial charge in [0.15, 0.2) is 5.13 Å². The predicted molar refractivity (Wildman–Crippen MR) is 111 cm³/mol. The van der Waals surface area contributed by atoms with Crippen molar-refractivity contribution in [2.75, 3.05) is 11.9 Å². The van der Waals surface area contributed by atoms with Crippen LogP contribution in [0, 0.1) is 6.92 Å². The highest BCUT2D eigenvalue weighted by Crippen LogP contribution is 2.27. The molecular weight excluding hydrogens is 378 g/mol. The van der Waals surface area contributed by atoms with Crippen LogP contribution in [-0.4, -0.2) is 21.5 Å². The molecule has 0 radical (unpaired) electrons. The topological polar surface area (TPSA) is 62.7 Å². The Morgan fingerprint density at radius 1 is 1.26 bits per heavy atom. The maximum atomic E-state index is 6.27. The first-order valence-electron chi connectivity index (χ1n) is 9.21. The number of aryl methyl sites for hydroxylation is 1.